The molecule has 0 amide bonds. The Bertz CT molecular complexity index is 358. The first-order valence-electron chi connectivity index (χ1n) is 5.69. The number of rotatable bonds is 1. The average Bonchev–Trinajstić information content (AvgIpc) is 2.82. The van der Waals surface area contributed by atoms with E-state index in [4.69, 9.17) is 0 Å². The highest BCUT2D eigenvalue weighted by atomic mass is 15.0. The number of hydrogen-bond acceptors (Lipinski definition) is 4. The first-order chi connectivity index (χ1) is 7.43. The number of nitrogens with zero attached hydrogens (tertiary/aromatic N) is 2. The average molecular weight is 204 g/mol. The van der Waals surface area contributed by atoms with E-state index in [1.807, 2.05) is 6.20 Å². The van der Waals surface area contributed by atoms with Crippen LogP contribution >= 0.6 is 0 Å². The van der Waals surface area contributed by atoms with Crippen LogP contribution in [0.15, 0.2) is 6.20 Å². The van der Waals surface area contributed by atoms with Crippen molar-refractivity contribution in [2.24, 2.45) is 0 Å². The molecule has 2 aliphatic rings. The van der Waals surface area contributed by atoms with Gasteiger partial charge < -0.3 is 10.6 Å². The van der Waals surface area contributed by atoms with Gasteiger partial charge in [0, 0.05) is 25.2 Å². The molecule has 2 N–H and O–H groups in total. The second kappa shape index (κ2) is 3.87. The molecule has 1 atom stereocenters. The Labute approximate surface area is 89.5 Å². The molecule has 15 heavy (non-hydrogen) atoms. The van der Waals surface area contributed by atoms with E-state index in [9.17, 15) is 0 Å². The standard InChI is InChI=1S/C11H16N4/c1-3-13-7-10-8(1)6-14-11(15-10)9-2-4-12-5-9/h6,9,12-13H,1-5,7H2. The molecule has 2 aliphatic heterocycles. The second-order valence-electron chi connectivity index (χ2n) is 4.32. The molecule has 1 fully saturated rings. The summed E-state index contributed by atoms with van der Waals surface area (Å²) in [7, 11) is 0. The topological polar surface area (TPSA) is 49.8 Å². The van der Waals surface area contributed by atoms with E-state index >= 15 is 0 Å². The van der Waals surface area contributed by atoms with Gasteiger partial charge in [-0.3, -0.25) is 0 Å². The minimum atomic E-state index is 0.525. The lowest BCUT2D eigenvalue weighted by Gasteiger charge is -2.17. The maximum atomic E-state index is 4.68. The van der Waals surface area contributed by atoms with Gasteiger partial charge in [-0.05, 0) is 31.5 Å². The highest BCUT2D eigenvalue weighted by Crippen LogP contribution is 2.20. The molecule has 0 aromatic carbocycles. The fourth-order valence-corrected chi connectivity index (χ4v) is 2.32. The fourth-order valence-electron chi connectivity index (χ4n) is 2.32. The molecule has 0 saturated carbocycles. The molecule has 4 heteroatoms. The molecular formula is C11H16N4. The summed E-state index contributed by atoms with van der Waals surface area (Å²) in [6.07, 6.45) is 4.27. The first kappa shape index (κ1) is 9.24. The Hall–Kier alpha value is -1.00. The van der Waals surface area contributed by atoms with Gasteiger partial charge in [-0.15, -0.1) is 0 Å². The van der Waals surface area contributed by atoms with Gasteiger partial charge in [0.05, 0.1) is 5.69 Å². The molecule has 1 unspecified atom stereocenters. The van der Waals surface area contributed by atoms with Crippen LogP contribution in [-0.2, 0) is 13.0 Å². The molecular weight excluding hydrogens is 188 g/mol. The quantitative estimate of drug-likeness (QED) is 0.686. The van der Waals surface area contributed by atoms with Crippen LogP contribution < -0.4 is 10.6 Å². The van der Waals surface area contributed by atoms with Crippen molar-refractivity contribution in [3.8, 4) is 0 Å². The third-order valence-corrected chi connectivity index (χ3v) is 3.26. The lowest BCUT2D eigenvalue weighted by molar-refractivity contribution is 0.603. The zero-order valence-electron chi connectivity index (χ0n) is 8.79. The predicted molar refractivity (Wildman–Crippen MR) is 57.7 cm³/mol. The van der Waals surface area contributed by atoms with Crippen molar-refractivity contribution in [2.45, 2.75) is 25.3 Å². The molecule has 0 radical (unpaired) electrons. The van der Waals surface area contributed by atoms with E-state index in [0.717, 1.165) is 38.4 Å². The summed E-state index contributed by atoms with van der Waals surface area (Å²) in [6, 6.07) is 0. The SMILES string of the molecule is c1nc(C2CCNC2)nc2c1CCNC2. The summed E-state index contributed by atoms with van der Waals surface area (Å²) in [4.78, 5) is 9.18. The fraction of sp³-hybridized carbons (Fsp3) is 0.636. The van der Waals surface area contributed by atoms with E-state index in [1.54, 1.807) is 0 Å². The summed E-state index contributed by atoms with van der Waals surface area (Å²) >= 11 is 0. The third-order valence-electron chi connectivity index (χ3n) is 3.26. The van der Waals surface area contributed by atoms with Crippen molar-refractivity contribution in [1.29, 1.82) is 0 Å². The third kappa shape index (κ3) is 1.75. The minimum Gasteiger partial charge on any atom is -0.316 e. The summed E-state index contributed by atoms with van der Waals surface area (Å²) in [5.41, 5.74) is 2.53. The summed E-state index contributed by atoms with van der Waals surface area (Å²) < 4.78 is 0. The number of fused-ring (bicyclic) bond motifs is 1. The zero-order chi connectivity index (χ0) is 10.1. The van der Waals surface area contributed by atoms with Crippen molar-refractivity contribution in [3.63, 3.8) is 0 Å². The molecule has 0 aliphatic carbocycles. The van der Waals surface area contributed by atoms with Gasteiger partial charge in [0.2, 0.25) is 0 Å². The van der Waals surface area contributed by atoms with Crippen molar-refractivity contribution < 1.29 is 0 Å². The highest BCUT2D eigenvalue weighted by molar-refractivity contribution is 5.21. The normalized spacial score (nSPS) is 25.2. The maximum absolute atomic E-state index is 4.68. The lowest BCUT2D eigenvalue weighted by atomic mass is 10.1. The Morgan fingerprint density at radius 1 is 1.27 bits per heavy atom. The Kier molecular flexibility index (Phi) is 2.38. The van der Waals surface area contributed by atoms with Crippen LogP contribution in [0.5, 0.6) is 0 Å². The van der Waals surface area contributed by atoms with E-state index in [2.05, 4.69) is 20.6 Å². The van der Waals surface area contributed by atoms with Crippen LogP contribution in [0.1, 0.15) is 29.4 Å². The molecule has 0 bridgehead atoms. The smallest absolute Gasteiger partial charge is 0.133 e. The van der Waals surface area contributed by atoms with E-state index in [0.29, 0.717) is 5.92 Å². The molecule has 3 heterocycles. The highest BCUT2D eigenvalue weighted by Gasteiger charge is 2.21. The molecule has 3 rings (SSSR count). The van der Waals surface area contributed by atoms with Crippen LogP contribution in [0.25, 0.3) is 0 Å². The van der Waals surface area contributed by atoms with Crippen molar-refractivity contribution >= 4 is 0 Å². The largest absolute Gasteiger partial charge is 0.316 e. The molecule has 80 valence electrons. The van der Waals surface area contributed by atoms with Gasteiger partial charge >= 0.3 is 0 Å². The van der Waals surface area contributed by atoms with Gasteiger partial charge in [-0.2, -0.15) is 0 Å². The van der Waals surface area contributed by atoms with Crippen molar-refractivity contribution in [3.05, 3.63) is 23.3 Å². The molecule has 1 aromatic rings. The number of nitrogens with one attached hydrogen (secondary N) is 2. The van der Waals surface area contributed by atoms with Gasteiger partial charge in [-0.25, -0.2) is 9.97 Å². The van der Waals surface area contributed by atoms with E-state index in [1.165, 1.54) is 17.7 Å². The number of hydrogen-bond donors (Lipinski definition) is 2. The molecule has 4 nitrogen and oxygen atoms in total. The zero-order valence-corrected chi connectivity index (χ0v) is 8.79. The number of aromatic nitrogens is 2. The van der Waals surface area contributed by atoms with Gasteiger partial charge in [0.15, 0.2) is 0 Å². The van der Waals surface area contributed by atoms with Crippen molar-refractivity contribution in [2.75, 3.05) is 19.6 Å². The van der Waals surface area contributed by atoms with Crippen molar-refractivity contribution in [1.82, 2.24) is 20.6 Å². The van der Waals surface area contributed by atoms with Gasteiger partial charge in [-0.1, -0.05) is 0 Å². The Balaban J connectivity index is 1.89. The Morgan fingerprint density at radius 2 is 2.27 bits per heavy atom. The molecule has 1 saturated heterocycles. The molecule has 1 aromatic heterocycles. The van der Waals surface area contributed by atoms with E-state index in [-0.39, 0.29) is 0 Å². The first-order valence-corrected chi connectivity index (χ1v) is 5.69. The lowest BCUT2D eigenvalue weighted by Crippen LogP contribution is -2.26. The van der Waals surface area contributed by atoms with Crippen LogP contribution in [0, 0.1) is 0 Å². The minimum absolute atomic E-state index is 0.525. The second-order valence-corrected chi connectivity index (χ2v) is 4.32. The maximum Gasteiger partial charge on any atom is 0.133 e. The molecule has 0 spiro atoms. The monoisotopic (exact) mass is 204 g/mol. The summed E-state index contributed by atoms with van der Waals surface area (Å²) in [6.45, 7) is 4.10. The van der Waals surface area contributed by atoms with Crippen LogP contribution in [0.3, 0.4) is 0 Å². The Morgan fingerprint density at radius 3 is 3.13 bits per heavy atom. The van der Waals surface area contributed by atoms with Crippen LogP contribution in [0.2, 0.25) is 0 Å². The van der Waals surface area contributed by atoms with Crippen LogP contribution in [-0.4, -0.2) is 29.6 Å². The summed E-state index contributed by atoms with van der Waals surface area (Å²) in [5, 5.41) is 6.71. The van der Waals surface area contributed by atoms with Gasteiger partial charge in [0.1, 0.15) is 5.82 Å². The van der Waals surface area contributed by atoms with Crippen LogP contribution in [0.4, 0.5) is 0 Å². The van der Waals surface area contributed by atoms with Gasteiger partial charge in [0.25, 0.3) is 0 Å². The predicted octanol–water partition coefficient (Wildman–Crippen LogP) is 0.199. The summed E-state index contributed by atoms with van der Waals surface area (Å²) in [5.74, 6) is 1.56. The van der Waals surface area contributed by atoms with E-state index < -0.39 is 0 Å².